The molecule has 3 aliphatic rings. The highest BCUT2D eigenvalue weighted by molar-refractivity contribution is 7.23. The van der Waals surface area contributed by atoms with Gasteiger partial charge in [-0.15, -0.1) is 21.5 Å². The van der Waals surface area contributed by atoms with E-state index in [4.69, 9.17) is 22.1 Å². The Balaban J connectivity index is 1.28. The van der Waals surface area contributed by atoms with Crippen molar-refractivity contribution in [3.05, 3.63) is 58.1 Å². The van der Waals surface area contributed by atoms with Crippen molar-refractivity contribution in [3.63, 3.8) is 0 Å². The van der Waals surface area contributed by atoms with Crippen molar-refractivity contribution in [1.29, 1.82) is 5.26 Å². The molecule has 2 N–H and O–H groups in total. The highest BCUT2D eigenvalue weighted by Crippen LogP contribution is 2.50. The number of anilines is 1. The van der Waals surface area contributed by atoms with Gasteiger partial charge in [-0.05, 0) is 43.4 Å². The summed E-state index contributed by atoms with van der Waals surface area (Å²) in [5, 5.41) is 17.2. The molecule has 16 heteroatoms. The summed E-state index contributed by atoms with van der Waals surface area (Å²) >= 11 is 7.63. The average molecular weight is 674 g/mol. The number of benzene rings is 2. The third-order valence-electron chi connectivity index (χ3n) is 9.25. The Bertz CT molecular complexity index is 1980. The van der Waals surface area contributed by atoms with E-state index in [2.05, 4.69) is 10.2 Å². The van der Waals surface area contributed by atoms with Crippen LogP contribution >= 0.6 is 22.9 Å². The zero-order chi connectivity index (χ0) is 32.6. The quantitative estimate of drug-likeness (QED) is 0.275. The van der Waals surface area contributed by atoms with Crippen molar-refractivity contribution >= 4 is 50.0 Å². The van der Waals surface area contributed by atoms with Gasteiger partial charge in [-0.2, -0.15) is 5.26 Å². The molecule has 0 spiro atoms. The molecule has 4 aromatic rings. The number of thiophene rings is 1. The Morgan fingerprint density at radius 1 is 1.28 bits per heavy atom. The molecule has 4 atom stereocenters. The first kappa shape index (κ1) is 30.2. The summed E-state index contributed by atoms with van der Waals surface area (Å²) < 4.78 is 65.8. The molecule has 4 heterocycles. The van der Waals surface area contributed by atoms with Gasteiger partial charge < -0.3 is 20.3 Å². The van der Waals surface area contributed by atoms with Gasteiger partial charge in [-0.25, -0.2) is 26.9 Å². The molecule has 7 rings (SSSR count). The van der Waals surface area contributed by atoms with E-state index in [0.29, 0.717) is 12.8 Å². The number of aromatic nitrogens is 3. The molecule has 2 aromatic carbocycles. The number of amides is 2. The third kappa shape index (κ3) is 4.49. The Labute approximate surface area is 267 Å². The molecule has 2 aliphatic heterocycles. The van der Waals surface area contributed by atoms with Crippen LogP contribution in [0.3, 0.4) is 0 Å². The van der Waals surface area contributed by atoms with Crippen molar-refractivity contribution in [2.75, 3.05) is 25.4 Å². The number of ether oxygens (including phenoxy) is 1. The Morgan fingerprint density at radius 2 is 2.07 bits per heavy atom. The van der Waals surface area contributed by atoms with Crippen LogP contribution in [0.5, 0.6) is 5.75 Å². The van der Waals surface area contributed by atoms with Crippen LogP contribution in [-0.2, 0) is 0 Å². The lowest BCUT2D eigenvalue weighted by atomic mass is 9.84. The lowest BCUT2D eigenvalue weighted by Crippen LogP contribution is -2.62. The number of halogens is 5. The second kappa shape index (κ2) is 11.1. The molecule has 46 heavy (non-hydrogen) atoms. The molecule has 238 valence electrons. The normalized spacial score (nSPS) is 22.0. The number of hydrogen-bond donors (Lipinski definition) is 1. The van der Waals surface area contributed by atoms with Crippen molar-refractivity contribution < 1.29 is 31.9 Å². The minimum Gasteiger partial charge on any atom is -0.489 e. The van der Waals surface area contributed by atoms with E-state index in [1.165, 1.54) is 12.4 Å². The van der Waals surface area contributed by atoms with E-state index in [1.54, 1.807) is 11.8 Å². The smallest absolute Gasteiger partial charge is 0.331 e. The maximum Gasteiger partial charge on any atom is 0.331 e. The van der Waals surface area contributed by atoms with Crippen LogP contribution in [-0.4, -0.2) is 74.7 Å². The molecule has 2 bridgehead atoms. The zero-order valence-electron chi connectivity index (χ0n) is 24.0. The Morgan fingerprint density at radius 3 is 2.76 bits per heavy atom. The summed E-state index contributed by atoms with van der Waals surface area (Å²) in [5.41, 5.74) is 5.73. The molecule has 10 nitrogen and oxygen atoms in total. The highest BCUT2D eigenvalue weighted by Gasteiger charge is 2.54. The third-order valence-corrected chi connectivity index (χ3v) is 10.6. The van der Waals surface area contributed by atoms with Crippen molar-refractivity contribution in [2.24, 2.45) is 11.8 Å². The number of nitrogens with two attached hydrogens (primary N) is 1. The van der Waals surface area contributed by atoms with Gasteiger partial charge in [0.2, 0.25) is 0 Å². The molecule has 2 amide bonds. The van der Waals surface area contributed by atoms with Crippen LogP contribution in [0.25, 0.3) is 21.2 Å². The number of piperidine rings is 1. The monoisotopic (exact) mass is 673 g/mol. The molecular formula is C30H24ClF4N7O3S. The minimum atomic E-state index is -2.81. The van der Waals surface area contributed by atoms with Crippen molar-refractivity contribution in [3.8, 4) is 22.9 Å². The molecule has 0 radical (unpaired) electrons. The second-order valence-corrected chi connectivity index (χ2v) is 13.0. The number of fused-ring (bicyclic) bond motifs is 6. The maximum atomic E-state index is 16.0. The number of aryl methyl sites for hydroxylation is 1. The summed E-state index contributed by atoms with van der Waals surface area (Å²) in [7, 11) is 0. The largest absolute Gasteiger partial charge is 0.489 e. The number of hydrogen-bond acceptors (Lipinski definition) is 8. The first-order valence-corrected chi connectivity index (χ1v) is 15.5. The fourth-order valence-electron chi connectivity index (χ4n) is 7.34. The van der Waals surface area contributed by atoms with E-state index in [1.807, 2.05) is 6.07 Å². The minimum absolute atomic E-state index is 0.0272. The number of alkyl halides is 2. The van der Waals surface area contributed by atoms with Crippen LogP contribution in [0, 0.1) is 41.7 Å². The van der Waals surface area contributed by atoms with E-state index in [-0.39, 0.29) is 73.0 Å². The van der Waals surface area contributed by atoms with Gasteiger partial charge in [0, 0.05) is 29.5 Å². The van der Waals surface area contributed by atoms with E-state index >= 15 is 4.39 Å². The van der Waals surface area contributed by atoms with E-state index in [9.17, 15) is 28.0 Å². The van der Waals surface area contributed by atoms with E-state index < -0.39 is 54.5 Å². The summed E-state index contributed by atoms with van der Waals surface area (Å²) in [6.07, 6.45) is -0.520. The molecular weight excluding hydrogens is 650 g/mol. The summed E-state index contributed by atoms with van der Waals surface area (Å²) in [6, 6.07) is 3.40. The van der Waals surface area contributed by atoms with Gasteiger partial charge in [0.05, 0.1) is 33.4 Å². The number of nitriles is 1. The number of rotatable bonds is 4. The predicted molar refractivity (Wildman–Crippen MR) is 160 cm³/mol. The van der Waals surface area contributed by atoms with Gasteiger partial charge in [0.15, 0.2) is 5.75 Å². The number of nitrogen functional groups attached to an aromatic ring is 1. The lowest BCUT2D eigenvalue weighted by Gasteiger charge is -2.47. The highest BCUT2D eigenvalue weighted by atomic mass is 35.5. The maximum absolute atomic E-state index is 16.0. The van der Waals surface area contributed by atoms with Crippen LogP contribution in [0.2, 0.25) is 5.02 Å². The molecule has 2 fully saturated rings. The van der Waals surface area contributed by atoms with Crippen LogP contribution in [0.4, 0.5) is 27.4 Å². The Kier molecular flexibility index (Phi) is 7.32. The van der Waals surface area contributed by atoms with Gasteiger partial charge >= 0.3 is 6.03 Å². The van der Waals surface area contributed by atoms with Crippen LogP contribution in [0.1, 0.15) is 34.6 Å². The van der Waals surface area contributed by atoms with Crippen LogP contribution in [0.15, 0.2) is 24.5 Å². The standard InChI is InChI=1S/C30H24ClF4N7O3S/c1-12-39-38-11-42(12)30(44)41(9-21(34)35)25-13-2-3-14(25)20-10-45-26-16(29(43)40(20)8-13)6-19(33)23(24(26)31)15-4-5-18(32)27-22(15)17(7-36)28(37)46-27/h4-6,11,13-14,20-21,25H,2-3,8-10,37H2,1H3. The topological polar surface area (TPSA) is 130 Å². The van der Waals surface area contributed by atoms with Crippen molar-refractivity contribution in [2.45, 2.75) is 38.3 Å². The predicted octanol–water partition coefficient (Wildman–Crippen LogP) is 5.70. The van der Waals surface area contributed by atoms with Crippen molar-refractivity contribution in [1.82, 2.24) is 24.6 Å². The Hall–Kier alpha value is -4.42. The van der Waals surface area contributed by atoms with Gasteiger partial charge in [0.1, 0.15) is 41.5 Å². The first-order valence-electron chi connectivity index (χ1n) is 14.3. The van der Waals surface area contributed by atoms with Gasteiger partial charge in [0.25, 0.3) is 12.3 Å². The second-order valence-electron chi connectivity index (χ2n) is 11.6. The SMILES string of the molecule is Cc1nncn1C(=O)N(CC(F)F)C1C2CCC1C1COc3c(cc(F)c(-c4ccc(F)c5sc(N)c(C#N)c45)c3Cl)C(=O)N1C2. The number of nitrogens with zero attached hydrogens (tertiary/aromatic N) is 6. The zero-order valence-corrected chi connectivity index (χ0v) is 25.6. The number of carbonyl (C=O) groups excluding carboxylic acids is 2. The molecule has 1 aliphatic carbocycles. The van der Waals surface area contributed by atoms with Gasteiger partial charge in [-0.1, -0.05) is 17.7 Å². The van der Waals surface area contributed by atoms with Gasteiger partial charge in [-0.3, -0.25) is 4.79 Å². The fourth-order valence-corrected chi connectivity index (χ4v) is 8.64. The first-order chi connectivity index (χ1) is 22.0. The molecule has 4 unspecified atom stereocenters. The molecule has 1 saturated heterocycles. The van der Waals surface area contributed by atoms with Crippen LogP contribution < -0.4 is 10.5 Å². The summed E-state index contributed by atoms with van der Waals surface area (Å²) in [6.45, 7) is 0.745. The average Bonchev–Trinajstić information content (AvgIpc) is 3.66. The summed E-state index contributed by atoms with van der Waals surface area (Å²) in [5.74, 6) is -2.69. The molecule has 2 aromatic heterocycles. The molecule has 1 saturated carbocycles. The summed E-state index contributed by atoms with van der Waals surface area (Å²) in [4.78, 5) is 30.2. The van der Waals surface area contributed by atoms with E-state index in [0.717, 1.165) is 32.9 Å². The number of carbonyl (C=O) groups is 2. The fraction of sp³-hybridized carbons (Fsp3) is 0.367. The lowest BCUT2D eigenvalue weighted by molar-refractivity contribution is -0.00566.